The van der Waals surface area contributed by atoms with Gasteiger partial charge in [0.15, 0.2) is 0 Å². The van der Waals surface area contributed by atoms with E-state index in [0.717, 1.165) is 58.5 Å². The predicted octanol–water partition coefficient (Wildman–Crippen LogP) is 2.16. The van der Waals surface area contributed by atoms with Crippen molar-refractivity contribution in [1.29, 1.82) is 0 Å². The Bertz CT molecular complexity index is 532. The van der Waals surface area contributed by atoms with E-state index in [9.17, 15) is 4.79 Å². The number of rotatable bonds is 4. The van der Waals surface area contributed by atoms with Crippen molar-refractivity contribution < 1.29 is 9.53 Å². The first kappa shape index (κ1) is 16.5. The SMILES string of the molecule is Cc1ccccc1C1(CNC(=O)C2CCNCC2)CCOCC1. The van der Waals surface area contributed by atoms with E-state index in [-0.39, 0.29) is 17.2 Å². The summed E-state index contributed by atoms with van der Waals surface area (Å²) < 4.78 is 5.59. The molecule has 2 N–H and O–H groups in total. The number of nitrogens with one attached hydrogen (secondary N) is 2. The Kier molecular flexibility index (Phi) is 5.34. The minimum absolute atomic E-state index is 0.0200. The molecule has 4 nitrogen and oxygen atoms in total. The van der Waals surface area contributed by atoms with E-state index in [2.05, 4.69) is 41.8 Å². The molecule has 3 rings (SSSR count). The Morgan fingerprint density at radius 3 is 2.65 bits per heavy atom. The van der Waals surface area contributed by atoms with Crippen molar-refractivity contribution in [2.24, 2.45) is 5.92 Å². The van der Waals surface area contributed by atoms with Crippen LogP contribution < -0.4 is 10.6 Å². The number of benzene rings is 1. The van der Waals surface area contributed by atoms with Crippen molar-refractivity contribution in [3.05, 3.63) is 35.4 Å². The molecule has 0 atom stereocenters. The highest BCUT2D eigenvalue weighted by atomic mass is 16.5. The minimum Gasteiger partial charge on any atom is -0.381 e. The van der Waals surface area contributed by atoms with Gasteiger partial charge in [-0.2, -0.15) is 0 Å². The fourth-order valence-electron chi connectivity index (χ4n) is 3.96. The van der Waals surface area contributed by atoms with E-state index in [1.165, 1.54) is 11.1 Å². The van der Waals surface area contributed by atoms with Gasteiger partial charge in [0.2, 0.25) is 5.91 Å². The molecule has 2 saturated heterocycles. The third kappa shape index (κ3) is 3.75. The van der Waals surface area contributed by atoms with Crippen LogP contribution in [-0.4, -0.2) is 38.8 Å². The van der Waals surface area contributed by atoms with Crippen LogP contribution >= 0.6 is 0 Å². The van der Waals surface area contributed by atoms with Gasteiger partial charge in [-0.1, -0.05) is 24.3 Å². The van der Waals surface area contributed by atoms with Gasteiger partial charge in [-0.05, 0) is 56.8 Å². The maximum Gasteiger partial charge on any atom is 0.223 e. The van der Waals surface area contributed by atoms with Crippen LogP contribution in [0.5, 0.6) is 0 Å². The molecule has 1 amide bonds. The van der Waals surface area contributed by atoms with Gasteiger partial charge >= 0.3 is 0 Å². The molecule has 23 heavy (non-hydrogen) atoms. The molecular formula is C19H28N2O2. The highest BCUT2D eigenvalue weighted by Crippen LogP contribution is 2.36. The van der Waals surface area contributed by atoms with Gasteiger partial charge in [0, 0.05) is 31.1 Å². The molecule has 4 heteroatoms. The zero-order valence-electron chi connectivity index (χ0n) is 14.1. The summed E-state index contributed by atoms with van der Waals surface area (Å²) >= 11 is 0. The molecule has 0 saturated carbocycles. The van der Waals surface area contributed by atoms with E-state index in [0.29, 0.717) is 0 Å². The molecule has 0 aromatic heterocycles. The largest absolute Gasteiger partial charge is 0.381 e. The van der Waals surface area contributed by atoms with E-state index in [4.69, 9.17) is 4.74 Å². The van der Waals surface area contributed by atoms with Crippen molar-refractivity contribution in [3.63, 3.8) is 0 Å². The van der Waals surface area contributed by atoms with Gasteiger partial charge in [0.05, 0.1) is 0 Å². The lowest BCUT2D eigenvalue weighted by molar-refractivity contribution is -0.126. The standard InChI is InChI=1S/C19H28N2O2/c1-15-4-2-3-5-17(15)19(8-12-23-13-9-19)14-21-18(22)16-6-10-20-11-7-16/h2-5,16,20H,6-14H2,1H3,(H,21,22). The number of amides is 1. The Morgan fingerprint density at radius 2 is 1.96 bits per heavy atom. The maximum absolute atomic E-state index is 12.5. The Balaban J connectivity index is 1.72. The molecule has 126 valence electrons. The molecule has 0 spiro atoms. The number of ether oxygens (including phenoxy) is 1. The average molecular weight is 316 g/mol. The monoisotopic (exact) mass is 316 g/mol. The minimum atomic E-state index is 0.0200. The quantitative estimate of drug-likeness (QED) is 0.895. The molecule has 2 heterocycles. The molecule has 1 aromatic carbocycles. The lowest BCUT2D eigenvalue weighted by Gasteiger charge is -2.39. The second-order valence-electron chi connectivity index (χ2n) is 6.95. The first-order chi connectivity index (χ1) is 11.2. The normalized spacial score (nSPS) is 21.8. The van der Waals surface area contributed by atoms with E-state index < -0.39 is 0 Å². The van der Waals surface area contributed by atoms with Gasteiger partial charge in [-0.25, -0.2) is 0 Å². The summed E-state index contributed by atoms with van der Waals surface area (Å²) in [5.74, 6) is 0.399. The summed E-state index contributed by atoms with van der Waals surface area (Å²) in [5, 5.41) is 6.59. The van der Waals surface area contributed by atoms with E-state index in [1.807, 2.05) is 0 Å². The molecule has 0 radical (unpaired) electrons. The summed E-state index contributed by atoms with van der Waals surface area (Å²) in [6.07, 6.45) is 3.85. The molecule has 0 bridgehead atoms. The fraction of sp³-hybridized carbons (Fsp3) is 0.632. The number of aryl methyl sites for hydroxylation is 1. The average Bonchev–Trinajstić information content (AvgIpc) is 2.61. The first-order valence-corrected chi connectivity index (χ1v) is 8.84. The molecule has 2 aliphatic heterocycles. The van der Waals surface area contributed by atoms with Crippen molar-refractivity contribution in [1.82, 2.24) is 10.6 Å². The summed E-state index contributed by atoms with van der Waals surface area (Å²) in [5.41, 5.74) is 2.70. The van der Waals surface area contributed by atoms with Gasteiger partial charge < -0.3 is 15.4 Å². The highest BCUT2D eigenvalue weighted by molar-refractivity contribution is 5.78. The summed E-state index contributed by atoms with van der Waals surface area (Å²) in [4.78, 5) is 12.5. The zero-order chi connectivity index (χ0) is 16.1. The summed E-state index contributed by atoms with van der Waals surface area (Å²) in [6.45, 7) is 6.35. The number of carbonyl (C=O) groups excluding carboxylic acids is 1. The number of carbonyl (C=O) groups is 1. The molecule has 2 fully saturated rings. The van der Waals surface area contributed by atoms with Crippen LogP contribution in [0.25, 0.3) is 0 Å². The third-order valence-electron chi connectivity index (χ3n) is 5.48. The van der Waals surface area contributed by atoms with Gasteiger partial charge in [-0.3, -0.25) is 4.79 Å². The van der Waals surface area contributed by atoms with Crippen LogP contribution in [0.15, 0.2) is 24.3 Å². The Hall–Kier alpha value is -1.39. The maximum atomic E-state index is 12.5. The summed E-state index contributed by atoms with van der Waals surface area (Å²) in [7, 11) is 0. The van der Waals surface area contributed by atoms with Crippen LogP contribution in [0.3, 0.4) is 0 Å². The fourth-order valence-corrected chi connectivity index (χ4v) is 3.96. The van der Waals surface area contributed by atoms with E-state index >= 15 is 0 Å². The van der Waals surface area contributed by atoms with Crippen molar-refractivity contribution >= 4 is 5.91 Å². The van der Waals surface area contributed by atoms with Gasteiger partial charge in [0.25, 0.3) is 0 Å². The number of piperidine rings is 1. The van der Waals surface area contributed by atoms with Crippen molar-refractivity contribution in [2.45, 2.75) is 38.0 Å². The first-order valence-electron chi connectivity index (χ1n) is 8.84. The second-order valence-corrected chi connectivity index (χ2v) is 6.95. The molecule has 2 aliphatic rings. The van der Waals surface area contributed by atoms with Crippen LogP contribution in [0.1, 0.15) is 36.8 Å². The molecule has 0 aliphatic carbocycles. The van der Waals surface area contributed by atoms with E-state index in [1.54, 1.807) is 0 Å². The van der Waals surface area contributed by atoms with Crippen LogP contribution in [0, 0.1) is 12.8 Å². The molecular weight excluding hydrogens is 288 g/mol. The Morgan fingerprint density at radius 1 is 1.26 bits per heavy atom. The lowest BCUT2D eigenvalue weighted by atomic mass is 9.72. The van der Waals surface area contributed by atoms with Gasteiger partial charge in [0.1, 0.15) is 0 Å². The van der Waals surface area contributed by atoms with Crippen LogP contribution in [0.2, 0.25) is 0 Å². The predicted molar refractivity (Wildman–Crippen MR) is 91.5 cm³/mol. The van der Waals surface area contributed by atoms with Crippen LogP contribution in [0.4, 0.5) is 0 Å². The molecule has 0 unspecified atom stereocenters. The Labute approximate surface area is 139 Å². The highest BCUT2D eigenvalue weighted by Gasteiger charge is 2.36. The summed E-state index contributed by atoms with van der Waals surface area (Å²) in [6, 6.07) is 8.58. The zero-order valence-corrected chi connectivity index (χ0v) is 14.1. The topological polar surface area (TPSA) is 50.4 Å². The third-order valence-corrected chi connectivity index (χ3v) is 5.48. The van der Waals surface area contributed by atoms with Crippen molar-refractivity contribution in [2.75, 3.05) is 32.8 Å². The van der Waals surface area contributed by atoms with Crippen LogP contribution in [-0.2, 0) is 14.9 Å². The lowest BCUT2D eigenvalue weighted by Crippen LogP contribution is -2.47. The second kappa shape index (κ2) is 7.45. The van der Waals surface area contributed by atoms with Gasteiger partial charge in [-0.15, -0.1) is 0 Å². The molecule has 1 aromatic rings. The number of hydrogen-bond acceptors (Lipinski definition) is 3. The number of hydrogen-bond donors (Lipinski definition) is 2. The van der Waals surface area contributed by atoms with Crippen molar-refractivity contribution in [3.8, 4) is 0 Å². The smallest absolute Gasteiger partial charge is 0.223 e.